The molecule has 0 aromatic heterocycles. The summed E-state index contributed by atoms with van der Waals surface area (Å²) in [4.78, 5) is 0. The van der Waals surface area contributed by atoms with Crippen molar-refractivity contribution >= 4 is 0 Å². The number of hydrogen-bond donors (Lipinski definition) is 0. The summed E-state index contributed by atoms with van der Waals surface area (Å²) in [6, 6.07) is 65.4. The zero-order valence-corrected chi connectivity index (χ0v) is 23.3. The van der Waals surface area contributed by atoms with Gasteiger partial charge in [-0.2, -0.15) is 0 Å². The maximum atomic E-state index is 2.36. The van der Waals surface area contributed by atoms with Crippen molar-refractivity contribution < 1.29 is 0 Å². The molecule has 0 atom stereocenters. The van der Waals surface area contributed by atoms with Crippen molar-refractivity contribution in [1.82, 2.24) is 0 Å². The van der Waals surface area contributed by atoms with Crippen molar-refractivity contribution in [2.75, 3.05) is 0 Å². The van der Waals surface area contributed by atoms with Gasteiger partial charge in [-0.1, -0.05) is 164 Å². The second-order valence-electron chi connectivity index (χ2n) is 10.5. The van der Waals surface area contributed by atoms with E-state index in [2.05, 4.69) is 182 Å². The lowest BCUT2D eigenvalue weighted by atomic mass is 9.86. The summed E-state index contributed by atoms with van der Waals surface area (Å²) in [6.45, 7) is 0. The fourth-order valence-corrected chi connectivity index (χ4v) is 5.91. The largest absolute Gasteiger partial charge is 0.0622 e. The molecule has 7 aromatic rings. The van der Waals surface area contributed by atoms with Crippen molar-refractivity contribution in [2.45, 2.75) is 0 Å². The highest BCUT2D eigenvalue weighted by molar-refractivity contribution is 5.93. The van der Waals surface area contributed by atoms with Gasteiger partial charge in [0.1, 0.15) is 0 Å². The SMILES string of the molecule is c1ccc(-c2ccccc2-c2cc(-c3ccccc3-c3ccccc3)cc(-c3ccccc3-c3ccccc3)c2)cc1. The molecule has 0 aliphatic rings. The fourth-order valence-electron chi connectivity index (χ4n) is 5.91. The van der Waals surface area contributed by atoms with Crippen LogP contribution in [0.3, 0.4) is 0 Å². The first-order valence-corrected chi connectivity index (χ1v) is 14.4. The van der Waals surface area contributed by atoms with Gasteiger partial charge in [-0.15, -0.1) is 0 Å². The molecule has 0 spiro atoms. The quantitative estimate of drug-likeness (QED) is 0.199. The Bertz CT molecular complexity index is 1710. The summed E-state index contributed by atoms with van der Waals surface area (Å²) in [5, 5.41) is 0. The summed E-state index contributed by atoms with van der Waals surface area (Å²) in [6.07, 6.45) is 0. The zero-order valence-electron chi connectivity index (χ0n) is 23.3. The Morgan fingerprint density at radius 3 is 0.595 bits per heavy atom. The second kappa shape index (κ2) is 11.6. The predicted molar refractivity (Wildman–Crippen MR) is 179 cm³/mol. The topological polar surface area (TPSA) is 0 Å². The zero-order chi connectivity index (χ0) is 28.1. The molecule has 0 N–H and O–H groups in total. The van der Waals surface area contributed by atoms with Crippen molar-refractivity contribution in [3.05, 3.63) is 182 Å². The number of hydrogen-bond acceptors (Lipinski definition) is 0. The smallest absolute Gasteiger partial charge is 0.0105 e. The van der Waals surface area contributed by atoms with Crippen LogP contribution >= 0.6 is 0 Å². The van der Waals surface area contributed by atoms with Crippen LogP contribution in [0.2, 0.25) is 0 Å². The van der Waals surface area contributed by atoms with Crippen LogP contribution in [-0.4, -0.2) is 0 Å². The molecule has 0 aliphatic heterocycles. The van der Waals surface area contributed by atoms with Gasteiger partial charge in [0.15, 0.2) is 0 Å². The van der Waals surface area contributed by atoms with E-state index in [1.165, 1.54) is 66.8 Å². The van der Waals surface area contributed by atoms with Gasteiger partial charge in [-0.3, -0.25) is 0 Å². The van der Waals surface area contributed by atoms with Gasteiger partial charge < -0.3 is 0 Å². The minimum absolute atomic E-state index is 1.20. The Labute approximate surface area is 248 Å². The first-order valence-electron chi connectivity index (χ1n) is 14.4. The highest BCUT2D eigenvalue weighted by Crippen LogP contribution is 2.41. The minimum Gasteiger partial charge on any atom is -0.0622 e. The molecule has 0 saturated carbocycles. The van der Waals surface area contributed by atoms with Crippen LogP contribution in [-0.2, 0) is 0 Å². The Morgan fingerprint density at radius 2 is 0.357 bits per heavy atom. The first-order chi connectivity index (χ1) is 20.8. The number of benzene rings is 7. The average molecular weight is 535 g/mol. The van der Waals surface area contributed by atoms with E-state index in [9.17, 15) is 0 Å². The lowest BCUT2D eigenvalue weighted by Gasteiger charge is -2.18. The molecule has 0 heterocycles. The Balaban J connectivity index is 1.49. The summed E-state index contributed by atoms with van der Waals surface area (Å²) >= 11 is 0. The first kappa shape index (κ1) is 25.5. The third-order valence-corrected chi connectivity index (χ3v) is 7.90. The standard InChI is InChI=1S/C42H30/c1-4-16-31(17-5-1)37-22-10-13-25-40(37)34-28-35(41-26-14-11-23-38(41)32-18-6-2-7-19-32)30-36(29-34)42-27-15-12-24-39(42)33-20-8-3-9-21-33/h1-30H. The second-order valence-corrected chi connectivity index (χ2v) is 10.5. The van der Waals surface area contributed by atoms with E-state index in [1.807, 2.05) is 0 Å². The monoisotopic (exact) mass is 534 g/mol. The fraction of sp³-hybridized carbons (Fsp3) is 0. The van der Waals surface area contributed by atoms with Gasteiger partial charge in [0, 0.05) is 0 Å². The molecule has 0 fully saturated rings. The molecule has 42 heavy (non-hydrogen) atoms. The Morgan fingerprint density at radius 1 is 0.167 bits per heavy atom. The molecule has 0 nitrogen and oxygen atoms in total. The van der Waals surface area contributed by atoms with Crippen LogP contribution < -0.4 is 0 Å². The summed E-state index contributed by atoms with van der Waals surface area (Å²) in [5.74, 6) is 0. The van der Waals surface area contributed by atoms with Gasteiger partial charge >= 0.3 is 0 Å². The molecule has 7 rings (SSSR count). The van der Waals surface area contributed by atoms with Crippen molar-refractivity contribution in [3.63, 3.8) is 0 Å². The van der Waals surface area contributed by atoms with Crippen LogP contribution in [0.25, 0.3) is 66.8 Å². The third-order valence-electron chi connectivity index (χ3n) is 7.90. The molecule has 198 valence electrons. The van der Waals surface area contributed by atoms with Crippen molar-refractivity contribution in [3.8, 4) is 66.8 Å². The molecular weight excluding hydrogens is 504 g/mol. The Hall–Kier alpha value is -5.46. The summed E-state index contributed by atoms with van der Waals surface area (Å²) in [7, 11) is 0. The van der Waals surface area contributed by atoms with Gasteiger partial charge in [0.05, 0.1) is 0 Å². The van der Waals surface area contributed by atoms with Crippen LogP contribution in [0.5, 0.6) is 0 Å². The van der Waals surface area contributed by atoms with Crippen molar-refractivity contribution in [1.29, 1.82) is 0 Å². The molecule has 0 heteroatoms. The third kappa shape index (κ3) is 5.07. The maximum Gasteiger partial charge on any atom is -0.0105 e. The molecule has 7 aromatic carbocycles. The minimum atomic E-state index is 1.20. The maximum absolute atomic E-state index is 2.36. The van der Waals surface area contributed by atoms with Crippen LogP contribution in [0, 0.1) is 0 Å². The van der Waals surface area contributed by atoms with E-state index >= 15 is 0 Å². The molecular formula is C42H30. The van der Waals surface area contributed by atoms with Crippen molar-refractivity contribution in [2.24, 2.45) is 0 Å². The van der Waals surface area contributed by atoms with E-state index in [0.717, 1.165) is 0 Å². The predicted octanol–water partition coefficient (Wildman–Crippen LogP) is 11.7. The van der Waals surface area contributed by atoms with E-state index in [4.69, 9.17) is 0 Å². The molecule has 0 bridgehead atoms. The molecule has 0 radical (unpaired) electrons. The molecule has 0 amide bonds. The van der Waals surface area contributed by atoms with Gasteiger partial charge in [-0.25, -0.2) is 0 Å². The number of rotatable bonds is 6. The van der Waals surface area contributed by atoms with Crippen LogP contribution in [0.15, 0.2) is 182 Å². The van der Waals surface area contributed by atoms with E-state index < -0.39 is 0 Å². The highest BCUT2D eigenvalue weighted by atomic mass is 14.2. The van der Waals surface area contributed by atoms with Gasteiger partial charge in [-0.05, 0) is 85.0 Å². The molecule has 0 saturated heterocycles. The normalized spacial score (nSPS) is 10.9. The lowest BCUT2D eigenvalue weighted by molar-refractivity contribution is 1.54. The van der Waals surface area contributed by atoms with Gasteiger partial charge in [0.25, 0.3) is 0 Å². The molecule has 0 unspecified atom stereocenters. The summed E-state index contributed by atoms with van der Waals surface area (Å²) < 4.78 is 0. The average Bonchev–Trinajstić information content (AvgIpc) is 3.09. The van der Waals surface area contributed by atoms with E-state index in [-0.39, 0.29) is 0 Å². The Kier molecular flexibility index (Phi) is 7.02. The van der Waals surface area contributed by atoms with E-state index in [1.54, 1.807) is 0 Å². The van der Waals surface area contributed by atoms with Crippen LogP contribution in [0.1, 0.15) is 0 Å². The van der Waals surface area contributed by atoms with Gasteiger partial charge in [0.2, 0.25) is 0 Å². The molecule has 0 aliphatic carbocycles. The lowest BCUT2D eigenvalue weighted by Crippen LogP contribution is -1.92. The van der Waals surface area contributed by atoms with Crippen LogP contribution in [0.4, 0.5) is 0 Å². The highest BCUT2D eigenvalue weighted by Gasteiger charge is 2.15. The summed E-state index contributed by atoms with van der Waals surface area (Å²) in [5.41, 5.74) is 14.6. The van der Waals surface area contributed by atoms with E-state index in [0.29, 0.717) is 0 Å².